The summed E-state index contributed by atoms with van der Waals surface area (Å²) in [6.45, 7) is 0. The van der Waals surface area contributed by atoms with Crippen molar-refractivity contribution in [2.45, 2.75) is 9.79 Å². The molecule has 0 N–H and O–H groups in total. The molecule has 0 unspecified atom stereocenters. The van der Waals surface area contributed by atoms with Crippen LogP contribution < -0.4 is 4.90 Å². The molecular formula is C48H27NO2S. The zero-order valence-corrected chi connectivity index (χ0v) is 28.6. The third kappa shape index (κ3) is 3.98. The molecule has 0 aliphatic carbocycles. The molecule has 3 nitrogen and oxygen atoms in total. The van der Waals surface area contributed by atoms with Gasteiger partial charge in [0.05, 0.1) is 17.1 Å². The van der Waals surface area contributed by atoms with Crippen molar-refractivity contribution >= 4 is 72.7 Å². The van der Waals surface area contributed by atoms with Gasteiger partial charge in [0.1, 0.15) is 22.3 Å². The van der Waals surface area contributed by atoms with Gasteiger partial charge < -0.3 is 13.7 Å². The van der Waals surface area contributed by atoms with Crippen molar-refractivity contribution in [1.29, 1.82) is 0 Å². The van der Waals surface area contributed by atoms with Gasteiger partial charge >= 0.3 is 0 Å². The van der Waals surface area contributed by atoms with E-state index in [2.05, 4.69) is 144 Å². The van der Waals surface area contributed by atoms with E-state index < -0.39 is 0 Å². The summed E-state index contributed by atoms with van der Waals surface area (Å²) in [5.74, 6) is 0. The van der Waals surface area contributed by atoms with Crippen molar-refractivity contribution in [3.63, 3.8) is 0 Å². The topological polar surface area (TPSA) is 29.5 Å². The number of nitrogens with zero attached hydrogens (tertiary/aromatic N) is 1. The van der Waals surface area contributed by atoms with Gasteiger partial charge in [-0.3, -0.25) is 0 Å². The van der Waals surface area contributed by atoms with Gasteiger partial charge in [0, 0.05) is 42.5 Å². The van der Waals surface area contributed by atoms with Crippen LogP contribution in [-0.2, 0) is 0 Å². The van der Waals surface area contributed by atoms with E-state index in [-0.39, 0.29) is 0 Å². The lowest BCUT2D eigenvalue weighted by atomic mass is 9.92. The number of rotatable bonds is 2. The van der Waals surface area contributed by atoms with Crippen LogP contribution in [0.4, 0.5) is 17.1 Å². The Bertz CT molecular complexity index is 3130. The lowest BCUT2D eigenvalue weighted by molar-refractivity contribution is 0.668. The molecule has 4 heterocycles. The third-order valence-corrected chi connectivity index (χ3v) is 11.9. The Kier molecular flexibility index (Phi) is 5.71. The predicted octanol–water partition coefficient (Wildman–Crippen LogP) is 14.4. The zero-order chi connectivity index (χ0) is 33.9. The van der Waals surface area contributed by atoms with Crippen molar-refractivity contribution in [2.75, 3.05) is 4.90 Å². The molecule has 52 heavy (non-hydrogen) atoms. The van der Waals surface area contributed by atoms with Crippen LogP contribution in [0.5, 0.6) is 0 Å². The number of hydrogen-bond donors (Lipinski definition) is 0. The Hall–Kier alpha value is -6.49. The van der Waals surface area contributed by atoms with Crippen molar-refractivity contribution < 1.29 is 8.83 Å². The van der Waals surface area contributed by atoms with Gasteiger partial charge in [0.25, 0.3) is 0 Å². The SMILES string of the molecule is c1ccc2c(c1)-c1ccccc1N1c3ccc(-c4ccc5oc6ccccc6c5c4)cc3Sc3cc(-c4ccc5oc6ccccc6c5c4)cc-2c31. The fourth-order valence-electron chi connectivity index (χ4n) is 8.40. The Morgan fingerprint density at radius 1 is 0.346 bits per heavy atom. The number of fused-ring (bicyclic) bond motifs is 13. The normalized spacial score (nSPS) is 12.9. The first-order valence-electron chi connectivity index (χ1n) is 17.6. The number of hydrogen-bond acceptors (Lipinski definition) is 4. The molecule has 0 radical (unpaired) electrons. The second-order valence-electron chi connectivity index (χ2n) is 13.7. The van der Waals surface area contributed by atoms with Crippen LogP contribution in [0.3, 0.4) is 0 Å². The molecule has 12 rings (SSSR count). The highest BCUT2D eigenvalue weighted by Gasteiger charge is 2.33. The van der Waals surface area contributed by atoms with Gasteiger partial charge in [-0.2, -0.15) is 0 Å². The number of benzene rings is 8. The van der Waals surface area contributed by atoms with Gasteiger partial charge in [-0.25, -0.2) is 0 Å². The summed E-state index contributed by atoms with van der Waals surface area (Å²) >= 11 is 1.86. The first-order chi connectivity index (χ1) is 25.7. The van der Waals surface area contributed by atoms with Crippen molar-refractivity contribution in [3.8, 4) is 44.5 Å². The minimum atomic E-state index is 0.908. The third-order valence-electron chi connectivity index (χ3n) is 10.8. The molecule has 8 aromatic carbocycles. The molecule has 242 valence electrons. The summed E-state index contributed by atoms with van der Waals surface area (Å²) in [7, 11) is 0. The number of furan rings is 2. The fourth-order valence-corrected chi connectivity index (χ4v) is 9.57. The highest BCUT2D eigenvalue weighted by Crippen LogP contribution is 2.60. The Balaban J connectivity index is 1.09. The molecule has 0 saturated carbocycles. The molecule has 0 saturated heterocycles. The van der Waals surface area contributed by atoms with Gasteiger partial charge in [0.2, 0.25) is 0 Å². The molecule has 0 amide bonds. The molecule has 0 atom stereocenters. The minimum absolute atomic E-state index is 0.908. The van der Waals surface area contributed by atoms with E-state index in [1.54, 1.807) is 0 Å². The summed E-state index contributed by atoms with van der Waals surface area (Å²) < 4.78 is 12.4. The van der Waals surface area contributed by atoms with E-state index in [4.69, 9.17) is 8.83 Å². The quantitative estimate of drug-likeness (QED) is 0.182. The lowest BCUT2D eigenvalue weighted by Crippen LogP contribution is -2.16. The Labute approximate surface area is 303 Å². The summed E-state index contributed by atoms with van der Waals surface area (Å²) in [4.78, 5) is 4.96. The van der Waals surface area contributed by atoms with Gasteiger partial charge in [-0.1, -0.05) is 109 Å². The maximum atomic E-state index is 6.21. The Morgan fingerprint density at radius 2 is 0.865 bits per heavy atom. The summed E-state index contributed by atoms with van der Waals surface area (Å²) in [6, 6.07) is 59.2. The molecule has 4 heteroatoms. The van der Waals surface area contributed by atoms with E-state index in [0.717, 1.165) is 43.9 Å². The van der Waals surface area contributed by atoms with Crippen LogP contribution in [0.25, 0.3) is 88.4 Å². The fraction of sp³-hybridized carbons (Fsp3) is 0. The summed E-state index contributed by atoms with van der Waals surface area (Å²) in [5.41, 5.74) is 16.9. The largest absolute Gasteiger partial charge is 0.456 e. The molecule has 0 spiro atoms. The van der Waals surface area contributed by atoms with E-state index in [9.17, 15) is 0 Å². The lowest BCUT2D eigenvalue weighted by Gasteiger charge is -2.35. The van der Waals surface area contributed by atoms with Crippen LogP contribution in [0.2, 0.25) is 0 Å². The molecule has 2 aromatic heterocycles. The van der Waals surface area contributed by atoms with Crippen molar-refractivity contribution in [1.82, 2.24) is 0 Å². The van der Waals surface area contributed by atoms with Crippen LogP contribution in [-0.4, -0.2) is 0 Å². The first-order valence-corrected chi connectivity index (χ1v) is 18.4. The van der Waals surface area contributed by atoms with E-state index in [0.29, 0.717) is 0 Å². The number of para-hydroxylation sites is 3. The summed E-state index contributed by atoms with van der Waals surface area (Å²) in [5, 5.41) is 4.55. The average Bonchev–Trinajstić information content (AvgIpc) is 3.73. The minimum Gasteiger partial charge on any atom is -0.456 e. The van der Waals surface area contributed by atoms with Crippen LogP contribution in [0, 0.1) is 0 Å². The second kappa shape index (κ2) is 10.5. The monoisotopic (exact) mass is 681 g/mol. The van der Waals surface area contributed by atoms with E-state index in [1.807, 2.05) is 36.0 Å². The van der Waals surface area contributed by atoms with Crippen molar-refractivity contribution in [3.05, 3.63) is 164 Å². The first kappa shape index (κ1) is 28.2. The van der Waals surface area contributed by atoms with E-state index >= 15 is 0 Å². The second-order valence-corrected chi connectivity index (χ2v) is 14.8. The standard InChI is InChI=1S/C48H27NO2S/c1-2-10-33-32(9-1)34-11-3-6-14-40(34)49-41-20-17-30(28-18-21-44-37(23-28)35-12-4-7-15-42(35)50-44)26-46(41)52-47-27-31(25-39(33)48(47)49)29-19-22-45-38(24-29)36-13-5-8-16-43(36)51-45/h1-27H. The van der Waals surface area contributed by atoms with E-state index in [1.165, 1.54) is 71.4 Å². The molecule has 2 aliphatic rings. The number of anilines is 3. The molecule has 0 bridgehead atoms. The van der Waals surface area contributed by atoms with Crippen molar-refractivity contribution in [2.24, 2.45) is 0 Å². The zero-order valence-electron chi connectivity index (χ0n) is 27.8. The van der Waals surface area contributed by atoms with Crippen LogP contribution >= 0.6 is 11.8 Å². The maximum absolute atomic E-state index is 6.21. The summed E-state index contributed by atoms with van der Waals surface area (Å²) in [6.07, 6.45) is 0. The molecule has 2 aliphatic heterocycles. The smallest absolute Gasteiger partial charge is 0.135 e. The van der Waals surface area contributed by atoms with Crippen LogP contribution in [0.1, 0.15) is 0 Å². The maximum Gasteiger partial charge on any atom is 0.135 e. The highest BCUT2D eigenvalue weighted by molar-refractivity contribution is 7.99. The van der Waals surface area contributed by atoms with Gasteiger partial charge in [-0.05, 0) is 100 Å². The van der Waals surface area contributed by atoms with Crippen LogP contribution in [0.15, 0.2) is 182 Å². The highest BCUT2D eigenvalue weighted by atomic mass is 32.2. The molecule has 10 aromatic rings. The predicted molar refractivity (Wildman–Crippen MR) is 215 cm³/mol. The molecule has 0 fully saturated rings. The van der Waals surface area contributed by atoms with Gasteiger partial charge in [-0.15, -0.1) is 0 Å². The van der Waals surface area contributed by atoms with Gasteiger partial charge in [0.15, 0.2) is 0 Å². The Morgan fingerprint density at radius 3 is 1.58 bits per heavy atom. The average molecular weight is 682 g/mol. The molecular weight excluding hydrogens is 655 g/mol.